The summed E-state index contributed by atoms with van der Waals surface area (Å²) in [5, 5.41) is 12.5. The van der Waals surface area contributed by atoms with Crippen LogP contribution in [0.2, 0.25) is 0 Å². The third-order valence-corrected chi connectivity index (χ3v) is 4.91. The van der Waals surface area contributed by atoms with Crippen molar-refractivity contribution in [3.05, 3.63) is 47.3 Å². The van der Waals surface area contributed by atoms with Crippen molar-refractivity contribution in [1.82, 2.24) is 0 Å². The molecule has 1 aromatic heterocycles. The number of anilines is 1. The van der Waals surface area contributed by atoms with Gasteiger partial charge in [-0.2, -0.15) is 0 Å². The van der Waals surface area contributed by atoms with Gasteiger partial charge in [0.1, 0.15) is 4.21 Å². The van der Waals surface area contributed by atoms with Crippen LogP contribution in [0.3, 0.4) is 0 Å². The number of carbonyl (C=O) groups is 1. The SMILES string of the molecule is O=C([O-])c1ccccc1NS(=O)(=O)c1cccs1.[K]. The fourth-order valence-corrected chi connectivity index (χ4v) is 3.43. The Morgan fingerprint density at radius 3 is 2.42 bits per heavy atom. The van der Waals surface area contributed by atoms with Crippen LogP contribution >= 0.6 is 11.3 Å². The van der Waals surface area contributed by atoms with Crippen molar-refractivity contribution < 1.29 is 18.3 Å². The van der Waals surface area contributed by atoms with Crippen molar-refractivity contribution in [2.24, 2.45) is 0 Å². The van der Waals surface area contributed by atoms with Gasteiger partial charge in [0.05, 0.1) is 11.7 Å². The first kappa shape index (κ1) is 16.8. The molecule has 0 aliphatic heterocycles. The maximum Gasteiger partial charge on any atom is 0.271 e. The summed E-state index contributed by atoms with van der Waals surface area (Å²) in [6, 6.07) is 8.73. The molecule has 0 bridgehead atoms. The summed E-state index contributed by atoms with van der Waals surface area (Å²) in [5.41, 5.74) is -0.205. The normalized spacial score (nSPS) is 10.5. The number of carboxylic acid groups (broad SMARTS) is 1. The molecule has 1 N–H and O–H groups in total. The molecule has 0 fully saturated rings. The van der Waals surface area contributed by atoms with Gasteiger partial charge < -0.3 is 9.90 Å². The van der Waals surface area contributed by atoms with Crippen molar-refractivity contribution in [1.29, 1.82) is 0 Å². The molecule has 0 aliphatic rings. The molecule has 0 aliphatic carbocycles. The minimum absolute atomic E-state index is 0. The molecule has 0 amide bonds. The first-order chi connectivity index (χ1) is 8.50. The van der Waals surface area contributed by atoms with Gasteiger partial charge in [0, 0.05) is 56.9 Å². The number of rotatable bonds is 4. The van der Waals surface area contributed by atoms with Crippen LogP contribution in [0.15, 0.2) is 46.0 Å². The molecule has 0 saturated carbocycles. The number of aromatic carboxylic acids is 1. The number of carbonyl (C=O) groups excluding carboxylic acids is 1. The first-order valence-corrected chi connectivity index (χ1v) is 7.24. The second-order valence-corrected chi connectivity index (χ2v) is 6.23. The predicted octanol–water partition coefficient (Wildman–Crippen LogP) is 0.532. The van der Waals surface area contributed by atoms with Gasteiger partial charge in [-0.3, -0.25) is 4.72 Å². The zero-order valence-corrected chi connectivity index (χ0v) is 14.7. The Morgan fingerprint density at radius 1 is 1.16 bits per heavy atom. The molecule has 5 nitrogen and oxygen atoms in total. The molecule has 0 atom stereocenters. The van der Waals surface area contributed by atoms with E-state index in [0.717, 1.165) is 11.3 Å². The van der Waals surface area contributed by atoms with Crippen LogP contribution in [0.1, 0.15) is 10.4 Å². The van der Waals surface area contributed by atoms with Crippen molar-refractivity contribution in [3.63, 3.8) is 0 Å². The molecule has 1 radical (unpaired) electrons. The van der Waals surface area contributed by atoms with Gasteiger partial charge in [-0.15, -0.1) is 11.3 Å². The summed E-state index contributed by atoms with van der Waals surface area (Å²) in [6.07, 6.45) is 0. The third kappa shape index (κ3) is 4.12. The first-order valence-electron chi connectivity index (χ1n) is 4.87. The van der Waals surface area contributed by atoms with E-state index < -0.39 is 16.0 Å². The maximum absolute atomic E-state index is 11.9. The van der Waals surface area contributed by atoms with E-state index in [9.17, 15) is 18.3 Å². The number of hydrogen-bond acceptors (Lipinski definition) is 5. The monoisotopic (exact) mass is 321 g/mol. The smallest absolute Gasteiger partial charge is 0.271 e. The Morgan fingerprint density at radius 2 is 1.84 bits per heavy atom. The zero-order valence-electron chi connectivity index (χ0n) is 9.99. The Bertz CT molecular complexity index is 668. The number of hydrogen-bond donors (Lipinski definition) is 1. The van der Waals surface area contributed by atoms with Gasteiger partial charge in [0.2, 0.25) is 0 Å². The van der Waals surface area contributed by atoms with E-state index in [2.05, 4.69) is 4.72 Å². The average Bonchev–Trinajstić information content (AvgIpc) is 2.83. The van der Waals surface area contributed by atoms with E-state index >= 15 is 0 Å². The Labute approximate surface area is 157 Å². The molecule has 95 valence electrons. The third-order valence-electron chi connectivity index (χ3n) is 2.15. The van der Waals surface area contributed by atoms with E-state index in [4.69, 9.17) is 0 Å². The molecular weight excluding hydrogens is 313 g/mol. The van der Waals surface area contributed by atoms with E-state index in [-0.39, 0.29) is 66.8 Å². The molecule has 2 rings (SSSR count). The van der Waals surface area contributed by atoms with Crippen LogP contribution in [-0.2, 0) is 10.0 Å². The molecule has 19 heavy (non-hydrogen) atoms. The molecule has 8 heteroatoms. The minimum atomic E-state index is -3.75. The maximum atomic E-state index is 11.9. The van der Waals surface area contributed by atoms with E-state index in [0.29, 0.717) is 0 Å². The molecule has 1 aromatic carbocycles. The Balaban J connectivity index is 0.00000180. The van der Waals surface area contributed by atoms with Crippen LogP contribution in [-0.4, -0.2) is 65.8 Å². The van der Waals surface area contributed by atoms with Crippen molar-refractivity contribution in [2.45, 2.75) is 4.21 Å². The number of sulfonamides is 1. The van der Waals surface area contributed by atoms with E-state index in [1.54, 1.807) is 17.5 Å². The average molecular weight is 321 g/mol. The summed E-state index contributed by atoms with van der Waals surface area (Å²) >= 11 is 1.05. The number of para-hydroxylation sites is 1. The van der Waals surface area contributed by atoms with E-state index in [1.165, 1.54) is 24.3 Å². The number of thiophene rings is 1. The fraction of sp³-hybridized carbons (Fsp3) is 0. The van der Waals surface area contributed by atoms with Gasteiger partial charge in [0.25, 0.3) is 10.0 Å². The summed E-state index contributed by atoms with van der Waals surface area (Å²) in [6.45, 7) is 0. The van der Waals surface area contributed by atoms with Gasteiger partial charge in [-0.25, -0.2) is 8.42 Å². The number of carboxylic acids is 1. The predicted molar refractivity (Wildman–Crippen MR) is 71.7 cm³/mol. The molecular formula is C11H8KNO4S2-. The molecule has 0 saturated heterocycles. The van der Waals surface area contributed by atoms with Crippen LogP contribution < -0.4 is 9.83 Å². The summed E-state index contributed by atoms with van der Waals surface area (Å²) < 4.78 is 26.2. The quantitative estimate of drug-likeness (QED) is 0.832. The molecule has 1 heterocycles. The van der Waals surface area contributed by atoms with Crippen LogP contribution in [0, 0.1) is 0 Å². The minimum Gasteiger partial charge on any atom is -0.545 e. The van der Waals surface area contributed by atoms with Crippen molar-refractivity contribution in [2.75, 3.05) is 4.72 Å². The van der Waals surface area contributed by atoms with Crippen LogP contribution in [0.4, 0.5) is 5.69 Å². The topological polar surface area (TPSA) is 86.3 Å². The fourth-order valence-electron chi connectivity index (χ4n) is 1.36. The van der Waals surface area contributed by atoms with Gasteiger partial charge in [-0.1, -0.05) is 24.3 Å². The van der Waals surface area contributed by atoms with Gasteiger partial charge in [-0.05, 0) is 17.5 Å². The Kier molecular flexibility index (Phi) is 6.18. The Hall–Kier alpha value is -0.224. The summed E-state index contributed by atoms with van der Waals surface area (Å²) in [7, 11) is -3.75. The molecule has 0 spiro atoms. The zero-order chi connectivity index (χ0) is 13.2. The molecule has 0 unspecified atom stereocenters. The second-order valence-electron chi connectivity index (χ2n) is 3.37. The standard InChI is InChI=1S/C11H9NO4S2.K/c13-11(14)8-4-1-2-5-9(8)12-18(15,16)10-6-3-7-17-10;/h1-7,12H,(H,13,14);/p-1. The van der Waals surface area contributed by atoms with Crippen molar-refractivity contribution in [3.8, 4) is 0 Å². The summed E-state index contributed by atoms with van der Waals surface area (Å²) in [4.78, 5) is 10.9. The molecule has 2 aromatic rings. The van der Waals surface area contributed by atoms with Gasteiger partial charge >= 0.3 is 0 Å². The number of benzene rings is 1. The summed E-state index contributed by atoms with van der Waals surface area (Å²) in [5.74, 6) is -1.43. The van der Waals surface area contributed by atoms with Crippen molar-refractivity contribution >= 4 is 84.4 Å². The van der Waals surface area contributed by atoms with Gasteiger partial charge in [0.15, 0.2) is 0 Å². The number of nitrogens with one attached hydrogen (secondary N) is 1. The van der Waals surface area contributed by atoms with Crippen LogP contribution in [0.5, 0.6) is 0 Å². The van der Waals surface area contributed by atoms with E-state index in [1.807, 2.05) is 0 Å². The second kappa shape index (κ2) is 6.98. The van der Waals surface area contributed by atoms with Crippen LogP contribution in [0.25, 0.3) is 0 Å². The largest absolute Gasteiger partial charge is 0.545 e.